The van der Waals surface area contributed by atoms with Crippen molar-refractivity contribution in [3.63, 3.8) is 0 Å². The quantitative estimate of drug-likeness (QED) is 0.627. The number of hydrogen-bond donors (Lipinski definition) is 2. The number of rotatable bonds is 5. The van der Waals surface area contributed by atoms with E-state index in [1.54, 1.807) is 6.20 Å². The van der Waals surface area contributed by atoms with Crippen LogP contribution < -0.4 is 10.2 Å². The van der Waals surface area contributed by atoms with Gasteiger partial charge >= 0.3 is 5.97 Å². The predicted molar refractivity (Wildman–Crippen MR) is 96.2 cm³/mol. The van der Waals surface area contributed by atoms with Crippen LogP contribution in [0.5, 0.6) is 0 Å². The topological polar surface area (TPSA) is 96.0 Å². The van der Waals surface area contributed by atoms with Crippen LogP contribution >= 0.6 is 0 Å². The summed E-state index contributed by atoms with van der Waals surface area (Å²) in [6.45, 7) is 0.697. The van der Waals surface area contributed by atoms with E-state index >= 15 is 0 Å². The molecule has 8 nitrogen and oxygen atoms in total. The number of terminal acetylenes is 1. The van der Waals surface area contributed by atoms with Crippen LogP contribution in [-0.2, 0) is 9.53 Å². The largest absolute Gasteiger partial charge is 0.467 e. The van der Waals surface area contributed by atoms with Crippen LogP contribution in [0.25, 0.3) is 0 Å². The molecule has 26 heavy (non-hydrogen) atoms. The summed E-state index contributed by atoms with van der Waals surface area (Å²) in [5.74, 6) is 4.51. The van der Waals surface area contributed by atoms with Gasteiger partial charge in [0, 0.05) is 24.2 Å². The molecule has 4 rings (SSSR count). The number of H-pyrrole nitrogens is 1. The van der Waals surface area contributed by atoms with E-state index in [0.717, 1.165) is 18.5 Å². The third kappa shape index (κ3) is 3.08. The third-order valence-corrected chi connectivity index (χ3v) is 4.78. The molecular formula is C18H20N6O2. The summed E-state index contributed by atoms with van der Waals surface area (Å²) in [5, 5.41) is 10.5. The van der Waals surface area contributed by atoms with Crippen molar-refractivity contribution in [2.75, 3.05) is 23.9 Å². The molecule has 2 aliphatic rings. The zero-order chi connectivity index (χ0) is 18.1. The minimum atomic E-state index is -0.364. The maximum absolute atomic E-state index is 12.0. The predicted octanol–water partition coefficient (Wildman–Crippen LogP) is 1.94. The Balaban J connectivity index is 1.60. The molecule has 0 aromatic carbocycles. The summed E-state index contributed by atoms with van der Waals surface area (Å²) >= 11 is 0. The molecule has 1 saturated carbocycles. The number of carbonyl (C=O) groups excluding carboxylic acids is 1. The van der Waals surface area contributed by atoms with Crippen molar-refractivity contribution < 1.29 is 9.53 Å². The van der Waals surface area contributed by atoms with Gasteiger partial charge in [-0.2, -0.15) is 10.1 Å². The smallest absolute Gasteiger partial charge is 0.328 e. The van der Waals surface area contributed by atoms with E-state index in [-0.39, 0.29) is 12.0 Å². The lowest BCUT2D eigenvalue weighted by atomic mass is 10.2. The van der Waals surface area contributed by atoms with Gasteiger partial charge in [-0.1, -0.05) is 5.92 Å². The first-order valence-corrected chi connectivity index (χ1v) is 8.70. The second-order valence-electron chi connectivity index (χ2n) is 6.56. The van der Waals surface area contributed by atoms with E-state index < -0.39 is 0 Å². The van der Waals surface area contributed by atoms with Crippen molar-refractivity contribution in [2.24, 2.45) is 0 Å². The summed E-state index contributed by atoms with van der Waals surface area (Å²) in [6.07, 6.45) is 11.2. The lowest BCUT2D eigenvalue weighted by Crippen LogP contribution is -2.38. The van der Waals surface area contributed by atoms with E-state index in [1.165, 1.54) is 20.0 Å². The maximum atomic E-state index is 12.0. The molecule has 1 atom stereocenters. The molecule has 0 unspecified atom stereocenters. The van der Waals surface area contributed by atoms with Crippen LogP contribution in [0.4, 0.5) is 17.6 Å². The summed E-state index contributed by atoms with van der Waals surface area (Å²) in [7, 11) is 1.39. The Morgan fingerprint density at radius 3 is 3.04 bits per heavy atom. The van der Waals surface area contributed by atoms with Crippen molar-refractivity contribution in [2.45, 2.75) is 37.6 Å². The molecule has 3 heterocycles. The summed E-state index contributed by atoms with van der Waals surface area (Å²) in [4.78, 5) is 22.7. The highest BCUT2D eigenvalue weighted by Crippen LogP contribution is 2.39. The van der Waals surface area contributed by atoms with Crippen molar-refractivity contribution in [1.29, 1.82) is 0 Å². The fraction of sp³-hybridized carbons (Fsp3) is 0.444. The standard InChI is InChI=1S/C18H20N6O2/c1-3-11-10-19-18(24-8-4-5-14(24)17(25)26-2)21-16(11)20-15-9-13(22-23-15)12-6-7-12/h1,9-10,12,14H,4-8H2,2H3,(H2,19,20,21,22,23)/t14-/m1/s1. The van der Waals surface area contributed by atoms with E-state index in [0.29, 0.717) is 35.6 Å². The number of nitrogens with one attached hydrogen (secondary N) is 2. The van der Waals surface area contributed by atoms with E-state index in [4.69, 9.17) is 11.2 Å². The first-order chi connectivity index (χ1) is 12.7. The highest BCUT2D eigenvalue weighted by atomic mass is 16.5. The molecule has 2 aromatic rings. The zero-order valence-electron chi connectivity index (χ0n) is 14.5. The average Bonchev–Trinajstić information content (AvgIpc) is 3.21. The number of hydrogen-bond acceptors (Lipinski definition) is 7. The number of nitrogens with zero attached hydrogens (tertiary/aromatic N) is 4. The fourth-order valence-electron chi connectivity index (χ4n) is 3.22. The summed E-state index contributed by atoms with van der Waals surface area (Å²) < 4.78 is 4.89. The SMILES string of the molecule is C#Cc1cnc(N2CCC[C@@H]2C(=O)OC)nc1Nc1cc(C2CC2)[nH]n1. The Hall–Kier alpha value is -3.08. The molecule has 0 spiro atoms. The second kappa shape index (κ2) is 6.67. The molecule has 0 amide bonds. The first kappa shape index (κ1) is 16.4. The van der Waals surface area contributed by atoms with Gasteiger partial charge in [-0.15, -0.1) is 6.42 Å². The highest BCUT2D eigenvalue weighted by molar-refractivity contribution is 5.80. The first-order valence-electron chi connectivity index (χ1n) is 8.70. The van der Waals surface area contributed by atoms with Gasteiger partial charge < -0.3 is 15.0 Å². The van der Waals surface area contributed by atoms with Crippen molar-refractivity contribution in [1.82, 2.24) is 20.2 Å². The molecule has 0 radical (unpaired) electrons. The minimum absolute atomic E-state index is 0.275. The molecule has 8 heteroatoms. The van der Waals surface area contributed by atoms with Crippen LogP contribution in [-0.4, -0.2) is 45.8 Å². The van der Waals surface area contributed by atoms with Gasteiger partial charge in [0.25, 0.3) is 0 Å². The molecule has 2 aromatic heterocycles. The number of carbonyl (C=O) groups is 1. The van der Waals surface area contributed by atoms with Crippen molar-refractivity contribution in [3.05, 3.63) is 23.5 Å². The molecule has 0 bridgehead atoms. The minimum Gasteiger partial charge on any atom is -0.467 e. The Labute approximate surface area is 151 Å². The number of ether oxygens (including phenoxy) is 1. The van der Waals surface area contributed by atoms with Gasteiger partial charge in [0.1, 0.15) is 6.04 Å². The van der Waals surface area contributed by atoms with E-state index in [9.17, 15) is 4.79 Å². The van der Waals surface area contributed by atoms with Gasteiger partial charge in [-0.05, 0) is 25.7 Å². The fourth-order valence-corrected chi connectivity index (χ4v) is 3.22. The van der Waals surface area contributed by atoms with Gasteiger partial charge in [0.05, 0.1) is 18.9 Å². The van der Waals surface area contributed by atoms with Crippen molar-refractivity contribution in [3.8, 4) is 12.3 Å². The van der Waals surface area contributed by atoms with Crippen LogP contribution in [0, 0.1) is 12.3 Å². The van der Waals surface area contributed by atoms with Crippen LogP contribution in [0.2, 0.25) is 0 Å². The highest BCUT2D eigenvalue weighted by Gasteiger charge is 2.33. The number of anilines is 3. The number of aromatic nitrogens is 4. The molecule has 134 valence electrons. The number of aromatic amines is 1. The molecule has 1 saturated heterocycles. The van der Waals surface area contributed by atoms with Gasteiger partial charge in [-0.25, -0.2) is 9.78 Å². The van der Waals surface area contributed by atoms with Gasteiger partial charge in [-0.3, -0.25) is 5.10 Å². The van der Waals surface area contributed by atoms with Crippen molar-refractivity contribution >= 4 is 23.6 Å². The number of esters is 1. The van der Waals surface area contributed by atoms with Crippen LogP contribution in [0.1, 0.15) is 42.9 Å². The second-order valence-corrected chi connectivity index (χ2v) is 6.56. The molecule has 1 aliphatic carbocycles. The monoisotopic (exact) mass is 352 g/mol. The van der Waals surface area contributed by atoms with Gasteiger partial charge in [0.2, 0.25) is 5.95 Å². The summed E-state index contributed by atoms with van der Waals surface area (Å²) in [6, 6.07) is 1.61. The third-order valence-electron chi connectivity index (χ3n) is 4.78. The number of methoxy groups -OCH3 is 1. The Morgan fingerprint density at radius 1 is 1.46 bits per heavy atom. The van der Waals surface area contributed by atoms with Crippen LogP contribution in [0.15, 0.2) is 12.3 Å². The molecule has 2 fully saturated rings. The zero-order valence-corrected chi connectivity index (χ0v) is 14.5. The molecular weight excluding hydrogens is 332 g/mol. The lowest BCUT2D eigenvalue weighted by molar-refractivity contribution is -0.141. The Bertz CT molecular complexity index is 867. The summed E-state index contributed by atoms with van der Waals surface area (Å²) in [5.41, 5.74) is 1.66. The van der Waals surface area contributed by atoms with E-state index in [1.807, 2.05) is 11.0 Å². The van der Waals surface area contributed by atoms with E-state index in [2.05, 4.69) is 31.4 Å². The lowest BCUT2D eigenvalue weighted by Gasteiger charge is -2.23. The molecule has 2 N–H and O–H groups in total. The molecule has 1 aliphatic heterocycles. The van der Waals surface area contributed by atoms with Crippen LogP contribution in [0.3, 0.4) is 0 Å². The average molecular weight is 352 g/mol. The Kier molecular flexibility index (Phi) is 4.21. The van der Waals surface area contributed by atoms with Gasteiger partial charge in [0.15, 0.2) is 11.6 Å². The maximum Gasteiger partial charge on any atom is 0.328 e. The Morgan fingerprint density at radius 2 is 2.31 bits per heavy atom. The normalized spacial score (nSPS) is 19.2.